The maximum Gasteiger partial charge on any atom is 0.355 e. The number of benzene rings is 3. The number of phenols is 1. The van der Waals surface area contributed by atoms with Gasteiger partial charge in [-0.05, 0) is 81.4 Å². The van der Waals surface area contributed by atoms with Gasteiger partial charge in [0.2, 0.25) is 0 Å². The monoisotopic (exact) mass is 489 g/mol. The molecule has 186 valence electrons. The van der Waals surface area contributed by atoms with Crippen molar-refractivity contribution in [3.63, 3.8) is 0 Å². The molecule has 0 aliphatic carbocycles. The molecule has 1 N–H and O–H groups in total. The molecule has 0 radical (unpaired) electrons. The van der Waals surface area contributed by atoms with Crippen LogP contribution in [0.3, 0.4) is 0 Å². The van der Waals surface area contributed by atoms with Gasteiger partial charge in [0, 0.05) is 16.6 Å². The highest BCUT2D eigenvalue weighted by molar-refractivity contribution is 6.15. The second-order valence-corrected chi connectivity index (χ2v) is 8.38. The summed E-state index contributed by atoms with van der Waals surface area (Å²) in [5.74, 6) is 0.491. The number of hydrogen-bond donors (Lipinski definition) is 1. The third-order valence-electron chi connectivity index (χ3n) is 5.64. The second kappa shape index (κ2) is 10.0. The lowest BCUT2D eigenvalue weighted by Crippen LogP contribution is -2.15. The van der Waals surface area contributed by atoms with E-state index in [0.29, 0.717) is 33.7 Å². The van der Waals surface area contributed by atoms with Gasteiger partial charge >= 0.3 is 11.9 Å². The molecule has 0 atom stereocenters. The molecule has 4 rings (SSSR count). The Morgan fingerprint density at radius 2 is 1.44 bits per heavy atom. The first-order valence-corrected chi connectivity index (χ1v) is 11.3. The predicted octanol–water partition coefficient (Wildman–Crippen LogP) is 5.80. The first-order chi connectivity index (χ1) is 17.2. The highest BCUT2D eigenvalue weighted by atomic mass is 16.5. The fraction of sp³-hybridized carbons (Fsp3) is 0.214. The van der Waals surface area contributed by atoms with Gasteiger partial charge in [0.15, 0.2) is 0 Å². The van der Waals surface area contributed by atoms with Gasteiger partial charge in [-0.1, -0.05) is 0 Å². The third kappa shape index (κ3) is 4.57. The average molecular weight is 490 g/mol. The summed E-state index contributed by atoms with van der Waals surface area (Å²) >= 11 is 0. The van der Waals surface area contributed by atoms with Crippen molar-refractivity contribution in [1.82, 2.24) is 4.57 Å². The number of esters is 2. The number of aryl methyl sites for hydroxylation is 1. The van der Waals surface area contributed by atoms with E-state index in [0.717, 1.165) is 5.75 Å². The molecule has 36 heavy (non-hydrogen) atoms. The smallest absolute Gasteiger partial charge is 0.355 e. The molecule has 0 aliphatic rings. The molecule has 0 aliphatic heterocycles. The van der Waals surface area contributed by atoms with Crippen molar-refractivity contribution in [2.24, 2.45) is 0 Å². The molecule has 0 saturated carbocycles. The first-order valence-electron chi connectivity index (χ1n) is 11.3. The molecule has 1 aromatic heterocycles. The van der Waals surface area contributed by atoms with Gasteiger partial charge in [-0.15, -0.1) is 0 Å². The van der Waals surface area contributed by atoms with Crippen molar-refractivity contribution < 1.29 is 33.6 Å². The molecular weight excluding hydrogens is 462 g/mol. The summed E-state index contributed by atoms with van der Waals surface area (Å²) in [7, 11) is 2.50. The summed E-state index contributed by atoms with van der Waals surface area (Å²) in [6.45, 7) is 5.71. The number of aromatic hydroxyl groups is 1. The van der Waals surface area contributed by atoms with E-state index in [1.165, 1.54) is 26.4 Å². The van der Waals surface area contributed by atoms with Crippen LogP contribution in [-0.4, -0.2) is 41.9 Å². The number of carbonyl (C=O) groups excluding carboxylic acids is 2. The molecule has 0 unspecified atom stereocenters. The van der Waals surface area contributed by atoms with Gasteiger partial charge in [-0.3, -0.25) is 0 Å². The van der Waals surface area contributed by atoms with Gasteiger partial charge in [0.05, 0.1) is 25.8 Å². The van der Waals surface area contributed by atoms with Crippen LogP contribution in [0.2, 0.25) is 0 Å². The average Bonchev–Trinajstić information content (AvgIpc) is 3.22. The Hall–Kier alpha value is -4.46. The number of carbonyl (C=O) groups is 2. The van der Waals surface area contributed by atoms with Crippen LogP contribution in [-0.2, 0) is 9.47 Å². The highest BCUT2D eigenvalue weighted by Gasteiger charge is 2.31. The normalized spacial score (nSPS) is 10.9. The van der Waals surface area contributed by atoms with E-state index in [4.69, 9.17) is 18.9 Å². The van der Waals surface area contributed by atoms with E-state index in [1.54, 1.807) is 41.0 Å². The Morgan fingerprint density at radius 3 is 2.03 bits per heavy atom. The van der Waals surface area contributed by atoms with E-state index in [-0.39, 0.29) is 23.1 Å². The summed E-state index contributed by atoms with van der Waals surface area (Å²) < 4.78 is 23.5. The summed E-state index contributed by atoms with van der Waals surface area (Å²) in [6, 6.07) is 17.0. The first kappa shape index (κ1) is 24.7. The van der Waals surface area contributed by atoms with Crippen LogP contribution in [0.1, 0.15) is 40.3 Å². The number of methoxy groups -OCH3 is 2. The molecule has 1 heterocycles. The van der Waals surface area contributed by atoms with Crippen LogP contribution in [0.15, 0.2) is 60.7 Å². The SMILES string of the molecule is COC(=O)c1c(C(=O)OC)n(-c2ccc(O)cc2)c2ccc(Oc3ccc(OC(C)C)cc3)c(C)c12. The van der Waals surface area contributed by atoms with E-state index in [9.17, 15) is 14.7 Å². The van der Waals surface area contributed by atoms with E-state index >= 15 is 0 Å². The summed E-state index contributed by atoms with van der Waals surface area (Å²) in [5, 5.41) is 10.2. The van der Waals surface area contributed by atoms with E-state index in [1.807, 2.05) is 32.9 Å². The highest BCUT2D eigenvalue weighted by Crippen LogP contribution is 2.38. The maximum atomic E-state index is 13.0. The third-order valence-corrected chi connectivity index (χ3v) is 5.64. The molecular formula is C28H27NO7. The van der Waals surface area contributed by atoms with Crippen molar-refractivity contribution in [3.8, 4) is 28.7 Å². The van der Waals surface area contributed by atoms with Gasteiger partial charge in [0.25, 0.3) is 0 Å². The minimum absolute atomic E-state index is 0.0143. The Kier molecular flexibility index (Phi) is 6.87. The van der Waals surface area contributed by atoms with E-state index < -0.39 is 11.9 Å². The number of hydrogen-bond acceptors (Lipinski definition) is 7. The topological polar surface area (TPSA) is 96.2 Å². The van der Waals surface area contributed by atoms with Crippen molar-refractivity contribution in [2.75, 3.05) is 14.2 Å². The number of fused-ring (bicyclic) bond motifs is 1. The van der Waals surface area contributed by atoms with Gasteiger partial charge in [-0.2, -0.15) is 0 Å². The minimum atomic E-state index is -0.706. The number of ether oxygens (including phenoxy) is 4. The van der Waals surface area contributed by atoms with Crippen LogP contribution in [0, 0.1) is 6.92 Å². The standard InChI is InChI=1S/C28H27NO7/c1-16(2)35-20-10-12-21(13-11-20)36-23-15-14-22-24(17(23)3)25(27(31)33-4)26(28(32)34-5)29(22)18-6-8-19(30)9-7-18/h6-16,30H,1-5H3. The predicted molar refractivity (Wildman–Crippen MR) is 135 cm³/mol. The number of nitrogens with zero attached hydrogens (tertiary/aromatic N) is 1. The molecule has 8 heteroatoms. The Labute approximate surface area is 208 Å². The van der Waals surface area contributed by atoms with Gasteiger partial charge < -0.3 is 28.6 Å². The summed E-state index contributed by atoms with van der Waals surface area (Å²) in [5.41, 5.74) is 1.85. The fourth-order valence-corrected chi connectivity index (χ4v) is 4.09. The van der Waals surface area contributed by atoms with Crippen LogP contribution in [0.25, 0.3) is 16.6 Å². The summed E-state index contributed by atoms with van der Waals surface area (Å²) in [4.78, 5) is 25.9. The molecule has 0 saturated heterocycles. The Balaban J connectivity index is 1.91. The number of phenolic OH excluding ortho intramolecular Hbond substituents is 1. The molecule has 3 aromatic carbocycles. The molecule has 0 amide bonds. The van der Waals surface area contributed by atoms with Crippen molar-refractivity contribution in [3.05, 3.63) is 77.5 Å². The zero-order valence-corrected chi connectivity index (χ0v) is 20.7. The quantitative estimate of drug-likeness (QED) is 0.328. The number of aromatic nitrogens is 1. The van der Waals surface area contributed by atoms with E-state index in [2.05, 4.69) is 0 Å². The second-order valence-electron chi connectivity index (χ2n) is 8.38. The lowest BCUT2D eigenvalue weighted by Gasteiger charge is -2.13. The minimum Gasteiger partial charge on any atom is -0.508 e. The van der Waals surface area contributed by atoms with Crippen molar-refractivity contribution in [2.45, 2.75) is 26.9 Å². The largest absolute Gasteiger partial charge is 0.508 e. The van der Waals surface area contributed by atoms with Gasteiger partial charge in [-0.25, -0.2) is 9.59 Å². The Bertz CT molecular complexity index is 1420. The van der Waals surface area contributed by atoms with Crippen LogP contribution >= 0.6 is 0 Å². The lowest BCUT2D eigenvalue weighted by molar-refractivity contribution is 0.0551. The zero-order chi connectivity index (χ0) is 26.0. The van der Waals surface area contributed by atoms with Crippen molar-refractivity contribution in [1.29, 1.82) is 0 Å². The molecule has 0 fully saturated rings. The van der Waals surface area contributed by atoms with Crippen LogP contribution in [0.5, 0.6) is 23.0 Å². The Morgan fingerprint density at radius 1 is 0.833 bits per heavy atom. The molecule has 4 aromatic rings. The van der Waals surface area contributed by atoms with Crippen molar-refractivity contribution >= 4 is 22.8 Å². The fourth-order valence-electron chi connectivity index (χ4n) is 4.09. The molecule has 0 spiro atoms. The number of rotatable bonds is 7. The van der Waals surface area contributed by atoms with Crippen LogP contribution < -0.4 is 9.47 Å². The molecule has 0 bridgehead atoms. The zero-order valence-electron chi connectivity index (χ0n) is 20.7. The van der Waals surface area contributed by atoms with Gasteiger partial charge in [0.1, 0.15) is 34.3 Å². The lowest BCUT2D eigenvalue weighted by atomic mass is 10.0. The summed E-state index contributed by atoms with van der Waals surface area (Å²) in [6.07, 6.45) is 0.0554. The molecule has 8 nitrogen and oxygen atoms in total. The maximum absolute atomic E-state index is 13.0. The van der Waals surface area contributed by atoms with Crippen LogP contribution in [0.4, 0.5) is 0 Å².